The maximum Gasteiger partial charge on any atom is 0.238 e. The maximum atomic E-state index is 12.9. The van der Waals surface area contributed by atoms with Gasteiger partial charge in [-0.3, -0.25) is 9.69 Å². The van der Waals surface area contributed by atoms with Crippen LogP contribution in [0.25, 0.3) is 0 Å². The lowest BCUT2D eigenvalue weighted by Crippen LogP contribution is -2.45. The molecule has 2 rings (SSSR count). The third kappa shape index (κ3) is 5.14. The Morgan fingerprint density at radius 1 is 1.53 bits per heavy atom. The Labute approximate surface area is 118 Å². The van der Waals surface area contributed by atoms with Gasteiger partial charge in [-0.1, -0.05) is 6.07 Å². The standard InChI is InChI=1S/C13H18FN3O.ClH/c14-10-3-1-5-12(7-10)16-13(18)9-17-6-2-4-11(15)8-17;/h1,3,5,7,11H,2,4,6,8-9,15H2,(H,16,18);1H. The van der Waals surface area contributed by atoms with Crippen LogP contribution in [-0.2, 0) is 4.79 Å². The second kappa shape index (κ2) is 7.43. The van der Waals surface area contributed by atoms with Crippen LogP contribution >= 0.6 is 12.4 Å². The lowest BCUT2D eigenvalue weighted by atomic mass is 10.1. The molecule has 106 valence electrons. The molecule has 0 spiro atoms. The number of likely N-dealkylation sites (tertiary alicyclic amines) is 1. The highest BCUT2D eigenvalue weighted by molar-refractivity contribution is 5.92. The van der Waals surface area contributed by atoms with Crippen LogP contribution < -0.4 is 11.1 Å². The number of nitrogens with two attached hydrogens (primary N) is 1. The van der Waals surface area contributed by atoms with Gasteiger partial charge in [0.1, 0.15) is 5.82 Å². The van der Waals surface area contributed by atoms with Gasteiger partial charge >= 0.3 is 0 Å². The van der Waals surface area contributed by atoms with Gasteiger partial charge in [-0.05, 0) is 37.6 Å². The molecule has 1 saturated heterocycles. The molecular formula is C13H19ClFN3O. The number of anilines is 1. The Kier molecular flexibility index (Phi) is 6.21. The van der Waals surface area contributed by atoms with E-state index in [2.05, 4.69) is 5.32 Å². The van der Waals surface area contributed by atoms with Crippen molar-refractivity contribution in [3.05, 3.63) is 30.1 Å². The summed E-state index contributed by atoms with van der Waals surface area (Å²) in [5, 5.41) is 2.68. The van der Waals surface area contributed by atoms with Gasteiger partial charge in [0.05, 0.1) is 6.54 Å². The number of carbonyl (C=O) groups is 1. The SMILES string of the molecule is Cl.NC1CCCN(CC(=O)Nc2cccc(F)c2)C1. The van der Waals surface area contributed by atoms with Gasteiger partial charge < -0.3 is 11.1 Å². The number of hydrogen-bond donors (Lipinski definition) is 2. The first-order chi connectivity index (χ1) is 8.63. The predicted molar refractivity (Wildman–Crippen MR) is 75.9 cm³/mol. The topological polar surface area (TPSA) is 58.4 Å². The third-order valence-corrected chi connectivity index (χ3v) is 3.02. The minimum absolute atomic E-state index is 0. The Bertz CT molecular complexity index is 430. The normalized spacial score (nSPS) is 19.6. The summed E-state index contributed by atoms with van der Waals surface area (Å²) in [5.41, 5.74) is 6.34. The van der Waals surface area contributed by atoms with Gasteiger partial charge in [0.15, 0.2) is 0 Å². The van der Waals surface area contributed by atoms with Crippen molar-refractivity contribution in [3.63, 3.8) is 0 Å². The van der Waals surface area contributed by atoms with E-state index in [-0.39, 0.29) is 30.2 Å². The van der Waals surface area contributed by atoms with E-state index in [1.807, 2.05) is 4.90 Å². The number of amides is 1. The van der Waals surface area contributed by atoms with Crippen LogP contribution in [0.5, 0.6) is 0 Å². The predicted octanol–water partition coefficient (Wildman–Crippen LogP) is 1.61. The minimum atomic E-state index is -0.354. The van der Waals surface area contributed by atoms with Crippen molar-refractivity contribution in [2.75, 3.05) is 25.0 Å². The second-order valence-electron chi connectivity index (χ2n) is 4.70. The van der Waals surface area contributed by atoms with E-state index in [0.29, 0.717) is 12.2 Å². The van der Waals surface area contributed by atoms with Crippen LogP contribution in [0.1, 0.15) is 12.8 Å². The molecule has 6 heteroatoms. The number of hydrogen-bond acceptors (Lipinski definition) is 3. The van der Waals surface area contributed by atoms with Gasteiger partial charge in [0, 0.05) is 18.3 Å². The molecule has 1 aliphatic rings. The molecular weight excluding hydrogens is 269 g/mol. The summed E-state index contributed by atoms with van der Waals surface area (Å²) in [6.45, 7) is 1.95. The molecule has 4 nitrogen and oxygen atoms in total. The highest BCUT2D eigenvalue weighted by atomic mass is 35.5. The van der Waals surface area contributed by atoms with Crippen molar-refractivity contribution < 1.29 is 9.18 Å². The average Bonchev–Trinajstić information content (AvgIpc) is 2.28. The van der Waals surface area contributed by atoms with E-state index in [9.17, 15) is 9.18 Å². The summed E-state index contributed by atoms with van der Waals surface area (Å²) in [6, 6.07) is 6.05. The molecule has 0 aliphatic carbocycles. The molecule has 1 aliphatic heterocycles. The molecule has 0 bridgehead atoms. The number of piperidine rings is 1. The Morgan fingerprint density at radius 2 is 2.32 bits per heavy atom. The van der Waals surface area contributed by atoms with Crippen LogP contribution in [0.4, 0.5) is 10.1 Å². The van der Waals surface area contributed by atoms with Crippen molar-refractivity contribution in [1.29, 1.82) is 0 Å². The first-order valence-electron chi connectivity index (χ1n) is 6.17. The number of nitrogens with zero attached hydrogens (tertiary/aromatic N) is 1. The molecule has 3 N–H and O–H groups in total. The number of halogens is 2. The molecule has 19 heavy (non-hydrogen) atoms. The van der Waals surface area contributed by atoms with Crippen LogP contribution in [0, 0.1) is 5.82 Å². The van der Waals surface area contributed by atoms with E-state index >= 15 is 0 Å². The van der Waals surface area contributed by atoms with Crippen molar-refractivity contribution in [2.24, 2.45) is 5.73 Å². The maximum absolute atomic E-state index is 12.9. The number of rotatable bonds is 3. The zero-order valence-electron chi connectivity index (χ0n) is 10.6. The van der Waals surface area contributed by atoms with Gasteiger partial charge in [-0.25, -0.2) is 4.39 Å². The van der Waals surface area contributed by atoms with E-state index < -0.39 is 0 Å². The first-order valence-corrected chi connectivity index (χ1v) is 6.17. The summed E-state index contributed by atoms with van der Waals surface area (Å²) >= 11 is 0. The molecule has 1 fully saturated rings. The van der Waals surface area contributed by atoms with Gasteiger partial charge in [0.25, 0.3) is 0 Å². The summed E-state index contributed by atoms with van der Waals surface area (Å²) in [4.78, 5) is 13.8. The van der Waals surface area contributed by atoms with E-state index in [1.165, 1.54) is 12.1 Å². The monoisotopic (exact) mass is 287 g/mol. The molecule has 1 aromatic rings. The van der Waals surface area contributed by atoms with Gasteiger partial charge in [0.2, 0.25) is 5.91 Å². The summed E-state index contributed by atoms with van der Waals surface area (Å²) in [7, 11) is 0. The second-order valence-corrected chi connectivity index (χ2v) is 4.70. The lowest BCUT2D eigenvalue weighted by Gasteiger charge is -2.29. The van der Waals surface area contributed by atoms with Crippen molar-refractivity contribution in [3.8, 4) is 0 Å². The van der Waals surface area contributed by atoms with E-state index in [0.717, 1.165) is 25.9 Å². The Balaban J connectivity index is 0.00000180. The first kappa shape index (κ1) is 15.9. The molecule has 1 atom stereocenters. The van der Waals surface area contributed by atoms with Crippen LogP contribution in [-0.4, -0.2) is 36.5 Å². The summed E-state index contributed by atoms with van der Waals surface area (Å²) < 4.78 is 12.9. The fourth-order valence-corrected chi connectivity index (χ4v) is 2.20. The van der Waals surface area contributed by atoms with Gasteiger partial charge in [-0.15, -0.1) is 12.4 Å². The highest BCUT2D eigenvalue weighted by Crippen LogP contribution is 2.10. The van der Waals surface area contributed by atoms with Crippen molar-refractivity contribution >= 4 is 24.0 Å². The molecule has 1 heterocycles. The molecule has 0 saturated carbocycles. The van der Waals surface area contributed by atoms with Crippen LogP contribution in [0.15, 0.2) is 24.3 Å². The zero-order chi connectivity index (χ0) is 13.0. The van der Waals surface area contributed by atoms with Crippen LogP contribution in [0.2, 0.25) is 0 Å². The highest BCUT2D eigenvalue weighted by Gasteiger charge is 2.18. The largest absolute Gasteiger partial charge is 0.327 e. The molecule has 1 aromatic carbocycles. The fourth-order valence-electron chi connectivity index (χ4n) is 2.20. The zero-order valence-corrected chi connectivity index (χ0v) is 11.5. The van der Waals surface area contributed by atoms with E-state index in [4.69, 9.17) is 5.73 Å². The average molecular weight is 288 g/mol. The lowest BCUT2D eigenvalue weighted by molar-refractivity contribution is -0.117. The Hall–Kier alpha value is -1.17. The van der Waals surface area contributed by atoms with Crippen molar-refractivity contribution in [1.82, 2.24) is 4.90 Å². The minimum Gasteiger partial charge on any atom is -0.327 e. The molecule has 1 amide bonds. The number of benzene rings is 1. The van der Waals surface area contributed by atoms with Crippen LogP contribution in [0.3, 0.4) is 0 Å². The molecule has 1 unspecified atom stereocenters. The summed E-state index contributed by atoms with van der Waals surface area (Å²) in [5.74, 6) is -0.484. The smallest absolute Gasteiger partial charge is 0.238 e. The Morgan fingerprint density at radius 3 is 3.00 bits per heavy atom. The van der Waals surface area contributed by atoms with Crippen molar-refractivity contribution in [2.45, 2.75) is 18.9 Å². The summed E-state index contributed by atoms with van der Waals surface area (Å²) in [6.07, 6.45) is 2.04. The quantitative estimate of drug-likeness (QED) is 0.888. The van der Waals surface area contributed by atoms with Gasteiger partial charge in [-0.2, -0.15) is 0 Å². The molecule has 0 radical (unpaired) electrons. The third-order valence-electron chi connectivity index (χ3n) is 3.02. The fraction of sp³-hybridized carbons (Fsp3) is 0.462. The number of nitrogens with one attached hydrogen (secondary N) is 1. The molecule has 0 aromatic heterocycles. The van der Waals surface area contributed by atoms with E-state index in [1.54, 1.807) is 12.1 Å². The number of carbonyl (C=O) groups excluding carboxylic acids is 1.